The van der Waals surface area contributed by atoms with Gasteiger partial charge in [0.2, 0.25) is 0 Å². The van der Waals surface area contributed by atoms with Gasteiger partial charge in [0.05, 0.1) is 11.0 Å². The van der Waals surface area contributed by atoms with Gasteiger partial charge in [0.15, 0.2) is 0 Å². The monoisotopic (exact) mass is 443 g/mol. The number of nitrogens with zero attached hydrogens (tertiary/aromatic N) is 1. The van der Waals surface area contributed by atoms with Gasteiger partial charge in [-0.1, -0.05) is 60.1 Å². The normalized spacial score (nSPS) is 11.8. The first kappa shape index (κ1) is 18.6. The lowest BCUT2D eigenvalue weighted by molar-refractivity contribution is 0.669. The number of hydrogen-bond donors (Lipinski definition) is 0. The molecular weight excluding hydrogens is 426 g/mol. The maximum Gasteiger partial charge on any atom is 0.135 e. The van der Waals surface area contributed by atoms with E-state index in [1.807, 2.05) is 24.3 Å². The average molecular weight is 444 g/mol. The molecule has 0 bridgehead atoms. The van der Waals surface area contributed by atoms with Gasteiger partial charge in [-0.05, 0) is 71.8 Å². The smallest absolute Gasteiger partial charge is 0.135 e. The van der Waals surface area contributed by atoms with E-state index in [2.05, 4.69) is 89.5 Å². The molecule has 156 valence electrons. The zero-order valence-electron chi connectivity index (χ0n) is 17.6. The highest BCUT2D eigenvalue weighted by Crippen LogP contribution is 2.37. The summed E-state index contributed by atoms with van der Waals surface area (Å²) in [4.78, 5) is 0. The molecule has 0 N–H and O–H groups in total. The van der Waals surface area contributed by atoms with Crippen molar-refractivity contribution >= 4 is 55.3 Å². The molecule has 2 heterocycles. The van der Waals surface area contributed by atoms with E-state index in [1.165, 1.54) is 16.5 Å². The molecule has 0 aliphatic carbocycles. The van der Waals surface area contributed by atoms with Crippen LogP contribution < -0.4 is 0 Å². The molecule has 0 aliphatic heterocycles. The molecule has 0 radical (unpaired) electrons. The molecule has 3 heteroatoms. The minimum atomic E-state index is 0.742. The standard InChI is InChI=1S/C30H18ClNO/c31-21-12-14-28-25(18-21)24-16-19(10-13-27(24)32(28)22-6-2-1-3-7-22)20-11-15-30-26(17-20)23-8-4-5-9-29(23)33-30/h1-18H. The Kier molecular flexibility index (Phi) is 3.93. The third kappa shape index (κ3) is 2.81. The highest BCUT2D eigenvalue weighted by atomic mass is 35.5. The Morgan fingerprint density at radius 1 is 0.515 bits per heavy atom. The summed E-state index contributed by atoms with van der Waals surface area (Å²) in [7, 11) is 0. The van der Waals surface area contributed by atoms with Gasteiger partial charge in [-0.25, -0.2) is 0 Å². The molecule has 5 aromatic carbocycles. The van der Waals surface area contributed by atoms with E-state index in [9.17, 15) is 0 Å². The largest absolute Gasteiger partial charge is 0.456 e. The first-order valence-corrected chi connectivity index (χ1v) is 11.3. The van der Waals surface area contributed by atoms with Crippen LogP contribution in [0.1, 0.15) is 0 Å². The van der Waals surface area contributed by atoms with Crippen molar-refractivity contribution in [1.29, 1.82) is 0 Å². The van der Waals surface area contributed by atoms with Gasteiger partial charge >= 0.3 is 0 Å². The Labute approximate surface area is 195 Å². The number of halogens is 1. The Hall–Kier alpha value is -4.01. The van der Waals surface area contributed by atoms with Crippen molar-refractivity contribution in [1.82, 2.24) is 4.57 Å². The fraction of sp³-hybridized carbons (Fsp3) is 0. The average Bonchev–Trinajstić information content (AvgIpc) is 3.39. The van der Waals surface area contributed by atoms with Gasteiger partial charge in [0.25, 0.3) is 0 Å². The fourth-order valence-corrected chi connectivity index (χ4v) is 5.11. The van der Waals surface area contributed by atoms with Crippen LogP contribution >= 0.6 is 11.6 Å². The second-order valence-electron chi connectivity index (χ2n) is 8.37. The van der Waals surface area contributed by atoms with Crippen molar-refractivity contribution < 1.29 is 4.42 Å². The predicted octanol–water partition coefficient (Wildman–Crippen LogP) is 9.00. The molecule has 0 amide bonds. The summed E-state index contributed by atoms with van der Waals surface area (Å²) in [5.41, 5.74) is 7.61. The first-order valence-electron chi connectivity index (χ1n) is 11.0. The van der Waals surface area contributed by atoms with Gasteiger partial charge in [0.1, 0.15) is 11.2 Å². The SMILES string of the molecule is Clc1ccc2c(c1)c1cc(-c3ccc4oc5ccccc5c4c3)ccc1n2-c1ccccc1. The van der Waals surface area contributed by atoms with Crippen molar-refractivity contribution in [3.05, 3.63) is 114 Å². The molecule has 0 aliphatic rings. The number of para-hydroxylation sites is 2. The second kappa shape index (κ2) is 6.99. The van der Waals surface area contributed by atoms with Crippen LogP contribution in [0, 0.1) is 0 Å². The van der Waals surface area contributed by atoms with Crippen LogP contribution in [0.25, 0.3) is 60.6 Å². The molecule has 7 aromatic rings. The van der Waals surface area contributed by atoms with E-state index < -0.39 is 0 Å². The fourth-order valence-electron chi connectivity index (χ4n) is 4.94. The van der Waals surface area contributed by atoms with Gasteiger partial charge in [0, 0.05) is 32.3 Å². The highest BCUT2D eigenvalue weighted by Gasteiger charge is 2.14. The number of benzene rings is 5. The summed E-state index contributed by atoms with van der Waals surface area (Å²) < 4.78 is 8.32. The van der Waals surface area contributed by atoms with E-state index in [1.54, 1.807) is 0 Å². The topological polar surface area (TPSA) is 18.1 Å². The van der Waals surface area contributed by atoms with Crippen LogP contribution in [0.2, 0.25) is 5.02 Å². The van der Waals surface area contributed by atoms with Gasteiger partial charge in [-0.3, -0.25) is 0 Å². The molecule has 0 unspecified atom stereocenters. The lowest BCUT2D eigenvalue weighted by Gasteiger charge is -2.08. The maximum absolute atomic E-state index is 6.42. The Balaban J connectivity index is 1.50. The molecule has 7 rings (SSSR count). The van der Waals surface area contributed by atoms with E-state index >= 15 is 0 Å². The van der Waals surface area contributed by atoms with Gasteiger partial charge in [-0.2, -0.15) is 0 Å². The quantitative estimate of drug-likeness (QED) is 0.260. The molecular formula is C30H18ClNO. The predicted molar refractivity (Wildman–Crippen MR) is 139 cm³/mol. The summed E-state index contributed by atoms with van der Waals surface area (Å²) in [5, 5.41) is 5.36. The van der Waals surface area contributed by atoms with Crippen molar-refractivity contribution in [3.63, 3.8) is 0 Å². The van der Waals surface area contributed by atoms with Crippen molar-refractivity contribution in [2.45, 2.75) is 0 Å². The first-order chi connectivity index (χ1) is 16.3. The van der Waals surface area contributed by atoms with E-state index in [0.717, 1.165) is 49.1 Å². The lowest BCUT2D eigenvalue weighted by atomic mass is 10.0. The van der Waals surface area contributed by atoms with Crippen molar-refractivity contribution in [2.24, 2.45) is 0 Å². The van der Waals surface area contributed by atoms with Crippen molar-refractivity contribution in [3.8, 4) is 16.8 Å². The molecule has 0 saturated carbocycles. The van der Waals surface area contributed by atoms with E-state index in [4.69, 9.17) is 16.0 Å². The van der Waals surface area contributed by atoms with E-state index in [0.29, 0.717) is 0 Å². The third-order valence-corrected chi connectivity index (χ3v) is 6.69. The summed E-state index contributed by atoms with van der Waals surface area (Å²) >= 11 is 6.42. The highest BCUT2D eigenvalue weighted by molar-refractivity contribution is 6.32. The van der Waals surface area contributed by atoms with Crippen LogP contribution in [0.3, 0.4) is 0 Å². The molecule has 0 saturated heterocycles. The van der Waals surface area contributed by atoms with Crippen LogP contribution in [-0.4, -0.2) is 4.57 Å². The van der Waals surface area contributed by atoms with Crippen LogP contribution in [0.15, 0.2) is 114 Å². The van der Waals surface area contributed by atoms with Crippen LogP contribution in [-0.2, 0) is 0 Å². The number of rotatable bonds is 2. The zero-order valence-corrected chi connectivity index (χ0v) is 18.4. The number of hydrogen-bond acceptors (Lipinski definition) is 1. The molecule has 0 spiro atoms. The Morgan fingerprint density at radius 3 is 2.00 bits per heavy atom. The Morgan fingerprint density at radius 2 is 1.15 bits per heavy atom. The summed E-state index contributed by atoms with van der Waals surface area (Å²) in [6, 6.07) is 37.9. The Bertz CT molecular complexity index is 1830. The lowest BCUT2D eigenvalue weighted by Crippen LogP contribution is -1.92. The molecule has 0 fully saturated rings. The minimum Gasteiger partial charge on any atom is -0.456 e. The maximum atomic E-state index is 6.42. The molecule has 2 aromatic heterocycles. The number of furan rings is 1. The zero-order chi connectivity index (χ0) is 21.9. The van der Waals surface area contributed by atoms with Crippen LogP contribution in [0.4, 0.5) is 0 Å². The molecule has 2 nitrogen and oxygen atoms in total. The van der Waals surface area contributed by atoms with Gasteiger partial charge in [-0.15, -0.1) is 0 Å². The summed E-state index contributed by atoms with van der Waals surface area (Å²) in [6.07, 6.45) is 0. The summed E-state index contributed by atoms with van der Waals surface area (Å²) in [5.74, 6) is 0. The van der Waals surface area contributed by atoms with Gasteiger partial charge < -0.3 is 8.98 Å². The summed E-state index contributed by atoms with van der Waals surface area (Å²) in [6.45, 7) is 0. The number of aromatic nitrogens is 1. The minimum absolute atomic E-state index is 0.742. The van der Waals surface area contributed by atoms with Crippen LogP contribution in [0.5, 0.6) is 0 Å². The molecule has 33 heavy (non-hydrogen) atoms. The second-order valence-corrected chi connectivity index (χ2v) is 8.81. The van der Waals surface area contributed by atoms with Crippen molar-refractivity contribution in [2.75, 3.05) is 0 Å². The third-order valence-electron chi connectivity index (χ3n) is 6.45. The molecule has 0 atom stereocenters. The number of fused-ring (bicyclic) bond motifs is 6. The van der Waals surface area contributed by atoms with E-state index in [-0.39, 0.29) is 0 Å².